The summed E-state index contributed by atoms with van der Waals surface area (Å²) in [5, 5.41) is 13.9. The third-order valence-electron chi connectivity index (χ3n) is 4.80. The number of ether oxygens (including phenoxy) is 2. The minimum absolute atomic E-state index is 0.00421. The number of alkyl carbamates (subject to hydrolysis) is 1. The number of amides is 3. The molecule has 1 rings (SSSR count). The van der Waals surface area contributed by atoms with Crippen molar-refractivity contribution in [2.24, 2.45) is 5.41 Å². The van der Waals surface area contributed by atoms with Crippen molar-refractivity contribution < 1.29 is 33.8 Å². The highest BCUT2D eigenvalue weighted by Gasteiger charge is 2.45. The Morgan fingerprint density at radius 1 is 1.27 bits per heavy atom. The molecule has 10 nitrogen and oxygen atoms in total. The number of unbranched alkanes of at least 4 members (excludes halogenated alkanes) is 2. The summed E-state index contributed by atoms with van der Waals surface area (Å²) in [6, 6.07) is -2.54. The standard InChI is InChI=1S/C20H33N3O7/c1-6-7-8-9-10-30-19(28)22-15(20(2,3)4)16(24)23-12-13(21-18(26)27)11-14(23)17(25)29-5/h6,13-15,21H,1,7-12H2,2-5H3,(H,22,28)(H,26,27)/t13?,14-,15+/m0/s1. The van der Waals surface area contributed by atoms with Crippen molar-refractivity contribution in [1.82, 2.24) is 15.5 Å². The van der Waals surface area contributed by atoms with Crippen LogP contribution in [0.1, 0.15) is 46.5 Å². The molecule has 170 valence electrons. The van der Waals surface area contributed by atoms with Gasteiger partial charge in [0, 0.05) is 13.0 Å². The van der Waals surface area contributed by atoms with E-state index in [1.807, 2.05) is 0 Å². The van der Waals surface area contributed by atoms with Crippen LogP contribution in [0, 0.1) is 5.41 Å². The molecule has 0 saturated carbocycles. The van der Waals surface area contributed by atoms with Crippen LogP contribution < -0.4 is 10.6 Å². The van der Waals surface area contributed by atoms with Gasteiger partial charge in [-0.2, -0.15) is 0 Å². The van der Waals surface area contributed by atoms with Crippen LogP contribution in [0.15, 0.2) is 12.7 Å². The van der Waals surface area contributed by atoms with E-state index in [0.29, 0.717) is 6.42 Å². The van der Waals surface area contributed by atoms with Gasteiger partial charge in [-0.3, -0.25) is 4.79 Å². The average molecular weight is 427 g/mol. The van der Waals surface area contributed by atoms with Gasteiger partial charge in [0.25, 0.3) is 0 Å². The van der Waals surface area contributed by atoms with E-state index >= 15 is 0 Å². The van der Waals surface area contributed by atoms with Crippen molar-refractivity contribution in [3.8, 4) is 0 Å². The number of nitrogens with one attached hydrogen (secondary N) is 2. The molecule has 1 saturated heterocycles. The molecular weight excluding hydrogens is 394 g/mol. The molecule has 1 fully saturated rings. The number of carbonyl (C=O) groups excluding carboxylic acids is 3. The molecule has 3 atom stereocenters. The fraction of sp³-hybridized carbons (Fsp3) is 0.700. The predicted octanol–water partition coefficient (Wildman–Crippen LogP) is 1.89. The highest BCUT2D eigenvalue weighted by Crippen LogP contribution is 2.26. The van der Waals surface area contributed by atoms with Gasteiger partial charge in [-0.05, 0) is 24.7 Å². The molecular formula is C20H33N3O7. The second-order valence-electron chi connectivity index (χ2n) is 8.28. The first kappa shape index (κ1) is 25.3. The van der Waals surface area contributed by atoms with E-state index in [1.54, 1.807) is 26.8 Å². The zero-order valence-corrected chi connectivity index (χ0v) is 18.1. The highest BCUT2D eigenvalue weighted by atomic mass is 16.5. The SMILES string of the molecule is C=CCCCCOC(=O)N[C@H](C(=O)N1CC(NC(=O)O)C[C@H]1C(=O)OC)C(C)(C)C. The van der Waals surface area contributed by atoms with Crippen molar-refractivity contribution in [2.45, 2.75) is 64.6 Å². The molecule has 30 heavy (non-hydrogen) atoms. The largest absolute Gasteiger partial charge is 0.467 e. The molecule has 0 radical (unpaired) electrons. The van der Waals surface area contributed by atoms with Crippen LogP contribution in [-0.4, -0.2) is 72.5 Å². The molecule has 1 unspecified atom stereocenters. The van der Waals surface area contributed by atoms with Gasteiger partial charge in [0.2, 0.25) is 5.91 Å². The van der Waals surface area contributed by atoms with Crippen molar-refractivity contribution in [1.29, 1.82) is 0 Å². The Labute approximate surface area is 177 Å². The van der Waals surface area contributed by atoms with Gasteiger partial charge in [0.05, 0.1) is 19.8 Å². The van der Waals surface area contributed by atoms with Crippen LogP contribution in [-0.2, 0) is 19.1 Å². The number of hydrogen-bond donors (Lipinski definition) is 3. The molecule has 1 aliphatic heterocycles. The molecule has 3 N–H and O–H groups in total. The van der Waals surface area contributed by atoms with Crippen LogP contribution in [0.5, 0.6) is 0 Å². The zero-order valence-electron chi connectivity index (χ0n) is 18.1. The van der Waals surface area contributed by atoms with Crippen LogP contribution in [0.4, 0.5) is 9.59 Å². The Kier molecular flexibility index (Phi) is 9.61. The van der Waals surface area contributed by atoms with Crippen LogP contribution in [0.25, 0.3) is 0 Å². The average Bonchev–Trinajstić information content (AvgIpc) is 3.07. The number of carbonyl (C=O) groups is 4. The lowest BCUT2D eigenvalue weighted by Gasteiger charge is -2.34. The Morgan fingerprint density at radius 2 is 1.93 bits per heavy atom. The van der Waals surface area contributed by atoms with E-state index in [4.69, 9.17) is 14.6 Å². The monoisotopic (exact) mass is 427 g/mol. The Bertz CT molecular complexity index is 645. The summed E-state index contributed by atoms with van der Waals surface area (Å²) in [5.74, 6) is -1.15. The third kappa shape index (κ3) is 7.57. The van der Waals surface area contributed by atoms with Crippen LogP contribution in [0.3, 0.4) is 0 Å². The minimum Gasteiger partial charge on any atom is -0.467 e. The topological polar surface area (TPSA) is 134 Å². The summed E-state index contributed by atoms with van der Waals surface area (Å²) in [6.07, 6.45) is 2.24. The van der Waals surface area contributed by atoms with Crippen molar-refractivity contribution in [3.63, 3.8) is 0 Å². The normalized spacial score (nSPS) is 19.5. The summed E-state index contributed by atoms with van der Waals surface area (Å²) in [6.45, 7) is 9.16. The van der Waals surface area contributed by atoms with Gasteiger partial charge in [-0.25, -0.2) is 14.4 Å². The van der Waals surface area contributed by atoms with Gasteiger partial charge in [0.1, 0.15) is 12.1 Å². The Balaban J connectivity index is 2.89. The summed E-state index contributed by atoms with van der Waals surface area (Å²) in [4.78, 5) is 49.9. The van der Waals surface area contributed by atoms with Gasteiger partial charge in [-0.15, -0.1) is 6.58 Å². The van der Waals surface area contributed by atoms with Gasteiger partial charge in [0.15, 0.2) is 0 Å². The quantitative estimate of drug-likeness (QED) is 0.291. The second-order valence-corrected chi connectivity index (χ2v) is 8.28. The number of hydrogen-bond acceptors (Lipinski definition) is 6. The maximum Gasteiger partial charge on any atom is 0.407 e. The maximum absolute atomic E-state index is 13.3. The molecule has 10 heteroatoms. The molecule has 0 aromatic heterocycles. The molecule has 0 bridgehead atoms. The number of carboxylic acid groups (broad SMARTS) is 1. The number of likely N-dealkylation sites (tertiary alicyclic amines) is 1. The lowest BCUT2D eigenvalue weighted by atomic mass is 9.85. The van der Waals surface area contributed by atoms with Gasteiger partial charge in [-0.1, -0.05) is 26.8 Å². The van der Waals surface area contributed by atoms with Gasteiger partial charge < -0.3 is 30.1 Å². The van der Waals surface area contributed by atoms with E-state index in [0.717, 1.165) is 12.8 Å². The second kappa shape index (κ2) is 11.4. The number of allylic oxidation sites excluding steroid dienone is 1. The third-order valence-corrected chi connectivity index (χ3v) is 4.80. The molecule has 1 heterocycles. The Morgan fingerprint density at radius 3 is 2.47 bits per heavy atom. The first-order valence-corrected chi connectivity index (χ1v) is 9.93. The van der Waals surface area contributed by atoms with Crippen molar-refractivity contribution >= 4 is 24.1 Å². The van der Waals surface area contributed by atoms with E-state index in [2.05, 4.69) is 17.2 Å². The fourth-order valence-corrected chi connectivity index (χ4v) is 3.25. The van der Waals surface area contributed by atoms with Crippen LogP contribution >= 0.6 is 0 Å². The fourth-order valence-electron chi connectivity index (χ4n) is 3.25. The molecule has 3 amide bonds. The predicted molar refractivity (Wildman–Crippen MR) is 109 cm³/mol. The van der Waals surface area contributed by atoms with E-state index in [-0.39, 0.29) is 19.6 Å². The van der Waals surface area contributed by atoms with Gasteiger partial charge >= 0.3 is 18.2 Å². The molecule has 0 spiro atoms. The maximum atomic E-state index is 13.3. The number of methoxy groups -OCH3 is 1. The summed E-state index contributed by atoms with van der Waals surface area (Å²) < 4.78 is 9.93. The molecule has 1 aliphatic rings. The molecule has 0 aromatic rings. The van der Waals surface area contributed by atoms with E-state index < -0.39 is 47.6 Å². The smallest absolute Gasteiger partial charge is 0.407 e. The van der Waals surface area contributed by atoms with E-state index in [1.165, 1.54) is 12.0 Å². The summed E-state index contributed by atoms with van der Waals surface area (Å²) in [7, 11) is 1.20. The van der Waals surface area contributed by atoms with Crippen molar-refractivity contribution in [2.75, 3.05) is 20.3 Å². The number of rotatable bonds is 9. The molecule has 0 aliphatic carbocycles. The Hall–Kier alpha value is -2.78. The lowest BCUT2D eigenvalue weighted by Crippen LogP contribution is -2.57. The van der Waals surface area contributed by atoms with E-state index in [9.17, 15) is 19.2 Å². The zero-order chi connectivity index (χ0) is 22.9. The summed E-state index contributed by atoms with van der Waals surface area (Å²) >= 11 is 0. The minimum atomic E-state index is -1.25. The van der Waals surface area contributed by atoms with Crippen molar-refractivity contribution in [3.05, 3.63) is 12.7 Å². The number of esters is 1. The first-order chi connectivity index (χ1) is 14.0. The first-order valence-electron chi connectivity index (χ1n) is 9.93. The number of nitrogens with zero attached hydrogens (tertiary/aromatic N) is 1. The highest BCUT2D eigenvalue weighted by molar-refractivity contribution is 5.91. The van der Waals surface area contributed by atoms with Crippen LogP contribution in [0.2, 0.25) is 0 Å². The lowest BCUT2D eigenvalue weighted by molar-refractivity contribution is -0.152. The summed E-state index contributed by atoms with van der Waals surface area (Å²) in [5.41, 5.74) is -0.683. The molecule has 0 aromatic carbocycles.